The van der Waals surface area contributed by atoms with Crippen molar-refractivity contribution in [1.29, 1.82) is 0 Å². The third-order valence-electron chi connectivity index (χ3n) is 13.0. The number of hydrogen-bond donors (Lipinski definition) is 0. The van der Waals surface area contributed by atoms with Crippen molar-refractivity contribution in [3.05, 3.63) is 213 Å². The molecule has 0 bridgehead atoms. The van der Waals surface area contributed by atoms with Gasteiger partial charge in [-0.25, -0.2) is 0 Å². The van der Waals surface area contributed by atoms with Crippen LogP contribution in [0.1, 0.15) is 123 Å². The summed E-state index contributed by atoms with van der Waals surface area (Å²) in [5.41, 5.74) is 17.7. The van der Waals surface area contributed by atoms with Gasteiger partial charge in [-0.1, -0.05) is 146 Å². The Morgan fingerprint density at radius 1 is 0.610 bits per heavy atom. The first-order chi connectivity index (χ1) is 27.8. The average Bonchev–Trinajstić information content (AvgIpc) is 3.78. The van der Waals surface area contributed by atoms with Crippen LogP contribution in [0.3, 0.4) is 0 Å². The van der Waals surface area contributed by atoms with Gasteiger partial charge in [0.1, 0.15) is 0 Å². The number of benzene rings is 6. The summed E-state index contributed by atoms with van der Waals surface area (Å²) in [5.74, 6) is -0.110. The maximum Gasteiger partial charge on any atom is 3.00 e. The molecule has 0 spiro atoms. The van der Waals surface area contributed by atoms with Gasteiger partial charge >= 0.3 is 22.4 Å². The Kier molecular flexibility index (Phi) is 9.21. The van der Waals surface area contributed by atoms with E-state index >= 15 is 0 Å². The van der Waals surface area contributed by atoms with Gasteiger partial charge in [0.05, 0.1) is 11.1 Å². The van der Waals surface area contributed by atoms with Crippen molar-refractivity contribution in [2.75, 3.05) is 0 Å². The van der Waals surface area contributed by atoms with Crippen molar-refractivity contribution >= 4 is 10.9 Å². The second-order valence-electron chi connectivity index (χ2n) is 18.9. The molecule has 294 valence electrons. The topological polar surface area (TPSA) is 39.9 Å². The van der Waals surface area contributed by atoms with E-state index in [1.807, 2.05) is 24.4 Å². The molecule has 0 radical (unpaired) electrons. The van der Waals surface area contributed by atoms with E-state index in [-0.39, 0.29) is 44.5 Å². The molecule has 8 aromatic rings. The van der Waals surface area contributed by atoms with E-state index < -0.39 is 5.41 Å². The molecule has 2 heterocycles. The quantitative estimate of drug-likeness (QED) is 0.130. The van der Waals surface area contributed by atoms with Crippen LogP contribution in [-0.4, -0.2) is 10.1 Å². The van der Waals surface area contributed by atoms with Crippen LogP contribution in [-0.2, 0) is 44.0 Å². The van der Waals surface area contributed by atoms with Crippen molar-refractivity contribution in [3.8, 4) is 22.4 Å². The fraction of sp³-hybridized carbons (Fsp3) is 0.236. The smallest absolute Gasteiger partial charge is 0.618 e. The van der Waals surface area contributed by atoms with Crippen LogP contribution < -0.4 is 5.10 Å². The minimum Gasteiger partial charge on any atom is -0.618 e. The zero-order chi connectivity index (χ0) is 40.2. The zero-order valence-electron chi connectivity index (χ0n) is 35.0. The monoisotopic (exact) mass is 947 g/mol. The molecule has 1 unspecified atom stereocenters. The molecular formula is C55H48AuN3. The van der Waals surface area contributed by atoms with E-state index in [4.69, 9.17) is 4.98 Å². The van der Waals surface area contributed by atoms with Gasteiger partial charge in [0.15, 0.2) is 0 Å². The molecule has 0 aliphatic heterocycles. The number of hydrogen-bond acceptors (Lipinski definition) is 2. The Labute approximate surface area is 364 Å². The fourth-order valence-corrected chi connectivity index (χ4v) is 9.91. The van der Waals surface area contributed by atoms with Gasteiger partial charge in [0.25, 0.3) is 0 Å². The Morgan fingerprint density at radius 3 is 1.93 bits per heavy atom. The maximum absolute atomic E-state index is 5.23. The molecule has 10 rings (SSSR count). The molecule has 2 aliphatic carbocycles. The third kappa shape index (κ3) is 5.96. The Bertz CT molecular complexity index is 2840. The molecule has 2 aromatic heterocycles. The summed E-state index contributed by atoms with van der Waals surface area (Å²) in [4.78, 5) is 5.23. The second-order valence-corrected chi connectivity index (χ2v) is 18.9. The van der Waals surface area contributed by atoms with E-state index in [2.05, 4.69) is 193 Å². The van der Waals surface area contributed by atoms with Gasteiger partial charge in [-0.15, -0.1) is 46.5 Å². The summed E-state index contributed by atoms with van der Waals surface area (Å²) in [6.45, 7) is 18.5. The molecule has 6 aromatic carbocycles. The zero-order valence-corrected chi connectivity index (χ0v) is 37.2. The number of fused-ring (bicyclic) bond motifs is 6. The summed E-state index contributed by atoms with van der Waals surface area (Å²) in [6.07, 6.45) is 1.94. The van der Waals surface area contributed by atoms with Crippen LogP contribution in [0.5, 0.6) is 0 Å². The predicted octanol–water partition coefficient (Wildman–Crippen LogP) is 12.6. The third-order valence-corrected chi connectivity index (χ3v) is 13.0. The molecule has 2 aliphatic rings. The summed E-state index contributed by atoms with van der Waals surface area (Å²) in [7, 11) is 0. The van der Waals surface area contributed by atoms with E-state index in [0.29, 0.717) is 0 Å². The minimum absolute atomic E-state index is 0. The van der Waals surface area contributed by atoms with E-state index in [9.17, 15) is 0 Å². The number of rotatable bonds is 4. The van der Waals surface area contributed by atoms with Crippen LogP contribution >= 0.6 is 0 Å². The normalized spacial score (nSPS) is 16.1. The second kappa shape index (κ2) is 13.9. The summed E-state index contributed by atoms with van der Waals surface area (Å²) < 4.78 is 0. The van der Waals surface area contributed by atoms with E-state index in [1.54, 1.807) is 0 Å². The summed E-state index contributed by atoms with van der Waals surface area (Å²) in [6, 6.07) is 57.2. The minimum atomic E-state index is -0.700. The molecular weight excluding hydrogens is 900 g/mol. The molecule has 4 heteroatoms. The van der Waals surface area contributed by atoms with Gasteiger partial charge in [-0.2, -0.15) is 29.5 Å². The number of nitrogens with zero attached hydrogens (tertiary/aromatic N) is 3. The molecule has 59 heavy (non-hydrogen) atoms. The maximum atomic E-state index is 5.23. The van der Waals surface area contributed by atoms with Crippen LogP contribution in [0.4, 0.5) is 0 Å². The van der Waals surface area contributed by atoms with Crippen LogP contribution in [0.25, 0.3) is 33.3 Å². The number of aromatic nitrogens is 3. The van der Waals surface area contributed by atoms with Gasteiger partial charge in [-0.3, -0.25) is 4.98 Å². The first-order valence-corrected chi connectivity index (χ1v) is 20.6. The molecule has 0 fully saturated rings. The average molecular weight is 948 g/mol. The SMILES string of the molecule is CC(C)(C)c1ccc2c(c1)-c1cc(C(C)(C)C)ccc1C2(c1[c-]c2c(cc1)C(C)(C)c1ccccc1C2c1[c-]c(-c2[n-]nc3ccccc23)ccc1)c1ccccn1.[Au+3]. The Balaban J connectivity index is 0.00000449. The van der Waals surface area contributed by atoms with Crippen molar-refractivity contribution in [1.82, 2.24) is 15.2 Å². The van der Waals surface area contributed by atoms with Crippen molar-refractivity contribution in [2.45, 2.75) is 83.0 Å². The summed E-state index contributed by atoms with van der Waals surface area (Å²) in [5, 5.41) is 10.2. The van der Waals surface area contributed by atoms with E-state index in [0.717, 1.165) is 39.0 Å². The van der Waals surface area contributed by atoms with Crippen molar-refractivity contribution in [2.24, 2.45) is 0 Å². The van der Waals surface area contributed by atoms with Crippen LogP contribution in [0.2, 0.25) is 0 Å². The molecule has 0 N–H and O–H groups in total. The van der Waals surface area contributed by atoms with Gasteiger partial charge in [0.2, 0.25) is 0 Å². The standard InChI is InChI=1S/C55H48N3.Au/c1-52(2,3)36-23-27-46-41(31-36)42-32-37(53(4,5)6)24-28-47(42)55(46,49-22-13-14-29-56-49)38-25-26-45-43(33-38)50(39-18-9-11-20-44(39)54(45,7)8)34-16-15-17-35(30-34)51-40-19-10-12-21-48(40)57-58-51;/h9-29,31-32,50H,1-8H3;/q-3;+3. The van der Waals surface area contributed by atoms with Crippen LogP contribution in [0.15, 0.2) is 140 Å². The molecule has 0 saturated carbocycles. The number of pyridine rings is 1. The van der Waals surface area contributed by atoms with Crippen molar-refractivity contribution < 1.29 is 22.4 Å². The Hall–Kier alpha value is -5.32. The first kappa shape index (κ1) is 39.2. The molecule has 0 amide bonds. The molecule has 0 saturated heterocycles. The predicted molar refractivity (Wildman–Crippen MR) is 237 cm³/mol. The Morgan fingerprint density at radius 2 is 1.25 bits per heavy atom. The first-order valence-electron chi connectivity index (χ1n) is 20.6. The summed E-state index contributed by atoms with van der Waals surface area (Å²) >= 11 is 0. The van der Waals surface area contributed by atoms with Gasteiger partial charge in [0, 0.05) is 11.7 Å². The van der Waals surface area contributed by atoms with Gasteiger partial charge in [-0.05, 0) is 84.9 Å². The van der Waals surface area contributed by atoms with Crippen molar-refractivity contribution in [3.63, 3.8) is 0 Å². The van der Waals surface area contributed by atoms with Gasteiger partial charge < -0.3 is 10.2 Å². The van der Waals surface area contributed by atoms with Crippen LogP contribution in [0, 0.1) is 12.1 Å². The fourth-order valence-electron chi connectivity index (χ4n) is 9.91. The molecule has 1 atom stereocenters. The van der Waals surface area contributed by atoms with E-state index in [1.165, 1.54) is 55.6 Å². The largest absolute Gasteiger partial charge is 3.00 e. The molecule has 3 nitrogen and oxygen atoms in total.